The van der Waals surface area contributed by atoms with E-state index in [1.54, 1.807) is 19.9 Å². The maximum absolute atomic E-state index is 12.3. The van der Waals surface area contributed by atoms with Crippen molar-refractivity contribution >= 4 is 13.6 Å². The van der Waals surface area contributed by atoms with Crippen molar-refractivity contribution in [1.82, 2.24) is 4.98 Å². The highest BCUT2D eigenvalue weighted by Crippen LogP contribution is 2.51. The van der Waals surface area contributed by atoms with Gasteiger partial charge in [-0.05, 0) is 25.5 Å². The van der Waals surface area contributed by atoms with Crippen LogP contribution in [-0.2, 0) is 24.5 Å². The first kappa shape index (κ1) is 15.8. The predicted molar refractivity (Wildman–Crippen MR) is 70.1 cm³/mol. The normalized spacial score (nSPS) is 11.3. The summed E-state index contributed by atoms with van der Waals surface area (Å²) in [5.41, 5.74) is 0.910. The molecular weight excluding hydrogens is 269 g/mol. The van der Waals surface area contributed by atoms with Crippen LogP contribution in [-0.4, -0.2) is 31.3 Å². The highest BCUT2D eigenvalue weighted by molar-refractivity contribution is 7.53. The average molecular weight is 287 g/mol. The van der Waals surface area contributed by atoms with Crippen molar-refractivity contribution in [2.75, 3.05) is 20.3 Å². The Hall–Kier alpha value is -1.23. The van der Waals surface area contributed by atoms with Crippen molar-refractivity contribution in [3.63, 3.8) is 0 Å². The van der Waals surface area contributed by atoms with E-state index in [0.29, 0.717) is 24.3 Å². The van der Waals surface area contributed by atoms with Crippen LogP contribution in [0.25, 0.3) is 0 Å². The lowest BCUT2D eigenvalue weighted by Crippen LogP contribution is -2.04. The molecular formula is C12H18NO5P. The third-order valence-corrected chi connectivity index (χ3v) is 4.30. The predicted octanol–water partition coefficient (Wildman–Crippen LogP) is 2.63. The van der Waals surface area contributed by atoms with E-state index in [1.165, 1.54) is 19.5 Å². The number of hydrogen-bond acceptors (Lipinski definition) is 6. The smallest absolute Gasteiger partial charge is 0.339 e. The standard InChI is InChI=1S/C12H18NO5P/c1-4-17-19(15,18-5-2)9-10-6-11(8-13-7-10)12(14)16-3/h6-8H,4-5,9H2,1-3H3. The number of aromatic nitrogens is 1. The van der Waals surface area contributed by atoms with E-state index in [1.807, 2.05) is 0 Å². The zero-order chi connectivity index (χ0) is 14.3. The Bertz CT molecular complexity index is 467. The third-order valence-electron chi connectivity index (χ3n) is 2.24. The lowest BCUT2D eigenvalue weighted by Gasteiger charge is -2.16. The maximum atomic E-state index is 12.3. The monoisotopic (exact) mass is 287 g/mol. The Morgan fingerprint density at radius 2 is 1.89 bits per heavy atom. The lowest BCUT2D eigenvalue weighted by atomic mass is 10.2. The van der Waals surface area contributed by atoms with Gasteiger partial charge >= 0.3 is 13.6 Å². The first-order valence-corrected chi connectivity index (χ1v) is 7.67. The van der Waals surface area contributed by atoms with Crippen LogP contribution >= 0.6 is 7.60 Å². The average Bonchev–Trinajstić information content (AvgIpc) is 2.38. The highest BCUT2D eigenvalue weighted by atomic mass is 31.2. The molecule has 6 nitrogen and oxygen atoms in total. The zero-order valence-corrected chi connectivity index (χ0v) is 12.2. The van der Waals surface area contributed by atoms with Gasteiger partial charge in [0.25, 0.3) is 0 Å². The Balaban J connectivity index is 2.91. The first-order valence-electron chi connectivity index (χ1n) is 5.95. The van der Waals surface area contributed by atoms with E-state index in [4.69, 9.17) is 9.05 Å². The molecule has 0 aromatic carbocycles. The molecule has 0 atom stereocenters. The molecule has 1 rings (SSSR count). The fourth-order valence-corrected chi connectivity index (χ4v) is 3.21. The zero-order valence-electron chi connectivity index (χ0n) is 11.3. The molecule has 0 unspecified atom stereocenters. The molecule has 19 heavy (non-hydrogen) atoms. The van der Waals surface area contributed by atoms with Crippen molar-refractivity contribution in [2.24, 2.45) is 0 Å². The second-order valence-corrected chi connectivity index (χ2v) is 5.73. The van der Waals surface area contributed by atoms with Crippen LogP contribution in [0.4, 0.5) is 0 Å². The number of ether oxygens (including phenoxy) is 1. The van der Waals surface area contributed by atoms with Crippen LogP contribution in [0.3, 0.4) is 0 Å². The number of hydrogen-bond donors (Lipinski definition) is 0. The minimum atomic E-state index is -3.19. The fourth-order valence-electron chi connectivity index (χ4n) is 1.55. The molecule has 0 aliphatic rings. The molecule has 0 spiro atoms. The van der Waals surface area contributed by atoms with Gasteiger partial charge in [0.2, 0.25) is 0 Å². The SMILES string of the molecule is CCOP(=O)(Cc1cncc(C(=O)OC)c1)OCC. The first-order chi connectivity index (χ1) is 9.04. The summed E-state index contributed by atoms with van der Waals surface area (Å²) in [6, 6.07) is 1.57. The van der Waals surface area contributed by atoms with Gasteiger partial charge in [-0.1, -0.05) is 0 Å². The number of esters is 1. The molecule has 7 heteroatoms. The third kappa shape index (κ3) is 4.74. The minimum absolute atomic E-state index is 0.0759. The summed E-state index contributed by atoms with van der Waals surface area (Å²) < 4.78 is 27.3. The molecule has 0 saturated carbocycles. The summed E-state index contributed by atoms with van der Waals surface area (Å²) in [6.07, 6.45) is 2.99. The van der Waals surface area contributed by atoms with Gasteiger partial charge in [-0.3, -0.25) is 9.55 Å². The summed E-state index contributed by atoms with van der Waals surface area (Å²) in [6.45, 7) is 4.08. The van der Waals surface area contributed by atoms with Crippen molar-refractivity contribution in [3.8, 4) is 0 Å². The van der Waals surface area contributed by atoms with Gasteiger partial charge in [-0.15, -0.1) is 0 Å². The van der Waals surface area contributed by atoms with Gasteiger partial charge < -0.3 is 13.8 Å². The Morgan fingerprint density at radius 3 is 2.42 bits per heavy atom. The number of carbonyl (C=O) groups excluding carboxylic acids is 1. The van der Waals surface area contributed by atoms with E-state index >= 15 is 0 Å². The number of pyridine rings is 1. The Kier molecular flexibility index (Phi) is 6.15. The number of nitrogens with zero attached hydrogens (tertiary/aromatic N) is 1. The van der Waals surface area contributed by atoms with Crippen LogP contribution in [0.15, 0.2) is 18.5 Å². The Labute approximate surface area is 112 Å². The second-order valence-electron chi connectivity index (χ2n) is 3.68. The molecule has 0 amide bonds. The van der Waals surface area contributed by atoms with E-state index in [2.05, 4.69) is 9.72 Å². The molecule has 1 heterocycles. The van der Waals surface area contributed by atoms with Gasteiger partial charge in [-0.25, -0.2) is 4.79 Å². The fraction of sp³-hybridized carbons (Fsp3) is 0.500. The van der Waals surface area contributed by atoms with E-state index in [0.717, 1.165) is 0 Å². The quantitative estimate of drug-likeness (QED) is 0.567. The summed E-state index contributed by atoms with van der Waals surface area (Å²) in [5.74, 6) is -0.489. The summed E-state index contributed by atoms with van der Waals surface area (Å²) in [5, 5.41) is 0. The lowest BCUT2D eigenvalue weighted by molar-refractivity contribution is 0.0600. The molecule has 0 N–H and O–H groups in total. The molecule has 1 aromatic heterocycles. The van der Waals surface area contributed by atoms with Crippen molar-refractivity contribution in [2.45, 2.75) is 20.0 Å². The van der Waals surface area contributed by atoms with Gasteiger partial charge in [0.15, 0.2) is 0 Å². The van der Waals surface area contributed by atoms with Gasteiger partial charge in [0.1, 0.15) is 0 Å². The molecule has 0 aliphatic carbocycles. The molecule has 106 valence electrons. The van der Waals surface area contributed by atoms with Crippen LogP contribution in [0, 0.1) is 0 Å². The second kappa shape index (κ2) is 7.38. The summed E-state index contributed by atoms with van der Waals surface area (Å²) in [4.78, 5) is 15.3. The number of rotatable bonds is 7. The van der Waals surface area contributed by atoms with Crippen LogP contribution in [0.1, 0.15) is 29.8 Å². The molecule has 0 radical (unpaired) electrons. The van der Waals surface area contributed by atoms with E-state index in [9.17, 15) is 9.36 Å². The maximum Gasteiger partial charge on any atom is 0.339 e. The topological polar surface area (TPSA) is 74.7 Å². The van der Waals surface area contributed by atoms with Crippen molar-refractivity contribution < 1.29 is 23.1 Å². The molecule has 1 aromatic rings. The highest BCUT2D eigenvalue weighted by Gasteiger charge is 2.24. The summed E-state index contributed by atoms with van der Waals surface area (Å²) >= 11 is 0. The van der Waals surface area contributed by atoms with E-state index in [-0.39, 0.29) is 6.16 Å². The molecule has 0 bridgehead atoms. The van der Waals surface area contributed by atoms with Gasteiger partial charge in [0, 0.05) is 12.4 Å². The van der Waals surface area contributed by atoms with Gasteiger partial charge in [0.05, 0.1) is 32.0 Å². The van der Waals surface area contributed by atoms with Crippen LogP contribution < -0.4 is 0 Å². The largest absolute Gasteiger partial charge is 0.465 e. The Morgan fingerprint density at radius 1 is 1.26 bits per heavy atom. The van der Waals surface area contributed by atoms with Crippen LogP contribution in [0.5, 0.6) is 0 Å². The van der Waals surface area contributed by atoms with Crippen molar-refractivity contribution in [1.29, 1.82) is 0 Å². The number of carbonyl (C=O) groups is 1. The van der Waals surface area contributed by atoms with Crippen molar-refractivity contribution in [3.05, 3.63) is 29.6 Å². The van der Waals surface area contributed by atoms with Gasteiger partial charge in [-0.2, -0.15) is 0 Å². The molecule has 0 fully saturated rings. The minimum Gasteiger partial charge on any atom is -0.465 e. The number of methoxy groups -OCH3 is 1. The summed E-state index contributed by atoms with van der Waals surface area (Å²) in [7, 11) is -1.90. The molecule has 0 saturated heterocycles. The van der Waals surface area contributed by atoms with Crippen LogP contribution in [0.2, 0.25) is 0 Å². The molecule has 0 aliphatic heterocycles. The van der Waals surface area contributed by atoms with E-state index < -0.39 is 13.6 Å².